The fourth-order valence-electron chi connectivity index (χ4n) is 6.38. The van der Waals surface area contributed by atoms with Crippen molar-refractivity contribution in [2.24, 2.45) is 7.05 Å². The van der Waals surface area contributed by atoms with Gasteiger partial charge in [0, 0.05) is 65.6 Å². The molecule has 11 nitrogen and oxygen atoms in total. The second kappa shape index (κ2) is 12.9. The molecule has 258 valence electrons. The Balaban J connectivity index is 1.62. The van der Waals surface area contributed by atoms with Gasteiger partial charge >= 0.3 is 0 Å². The average Bonchev–Trinajstić information content (AvgIpc) is 3.03. The van der Waals surface area contributed by atoms with Crippen LogP contribution in [0.1, 0.15) is 61.3 Å². The molecule has 6 rings (SSSR count). The van der Waals surface area contributed by atoms with Crippen molar-refractivity contribution in [1.29, 1.82) is 0 Å². The molecule has 4 aromatic carbocycles. The summed E-state index contributed by atoms with van der Waals surface area (Å²) in [7, 11) is -7.72. The number of rotatable bonds is 4. The van der Waals surface area contributed by atoms with Gasteiger partial charge in [0.25, 0.3) is 20.2 Å². The van der Waals surface area contributed by atoms with Gasteiger partial charge in [0.2, 0.25) is 5.69 Å². The summed E-state index contributed by atoms with van der Waals surface area (Å²) >= 11 is 0. The van der Waals surface area contributed by atoms with Crippen LogP contribution in [0.25, 0.3) is 12.2 Å². The van der Waals surface area contributed by atoms with E-state index >= 15 is 0 Å². The summed E-state index contributed by atoms with van der Waals surface area (Å²) in [5, 5.41) is 45.8. The van der Waals surface area contributed by atoms with Crippen molar-refractivity contribution >= 4 is 32.4 Å². The molecule has 0 saturated heterocycles. The molecule has 0 radical (unpaired) electrons. The topological polar surface area (TPSA) is 194 Å². The zero-order valence-electron chi connectivity index (χ0n) is 27.0. The first-order valence-corrected chi connectivity index (χ1v) is 18.3. The number of pyridine rings is 1. The van der Waals surface area contributed by atoms with E-state index in [0.717, 1.165) is 35.5 Å². The summed E-state index contributed by atoms with van der Waals surface area (Å²) in [4.78, 5) is -1.14. The SMILES string of the molecule is Cc1ccc[n+](C)c1/C=C/c1cc2c(O)c(c1)Cc1cc(S(=O)(=O)O)cc(c1O)Cc1cc(S(=O)(=O)O)cc(c1O)Cc1cccc(c1O)C2. The third-order valence-electron chi connectivity index (χ3n) is 8.97. The quantitative estimate of drug-likeness (QED) is 0.107. The van der Waals surface area contributed by atoms with E-state index in [2.05, 4.69) is 0 Å². The molecule has 0 atom stereocenters. The van der Waals surface area contributed by atoms with Crippen molar-refractivity contribution < 1.29 is 50.9 Å². The number of aryl methyl sites for hydroxylation is 2. The van der Waals surface area contributed by atoms with Gasteiger partial charge in [-0.05, 0) is 83.3 Å². The lowest BCUT2D eigenvalue weighted by Gasteiger charge is -2.18. The van der Waals surface area contributed by atoms with E-state index in [1.807, 2.05) is 49.0 Å². The molecular weight excluding hydrogens is 683 g/mol. The lowest BCUT2D eigenvalue weighted by Crippen LogP contribution is -2.31. The number of hydrogen-bond donors (Lipinski definition) is 6. The minimum absolute atomic E-state index is 0.00500. The van der Waals surface area contributed by atoms with E-state index < -0.39 is 47.9 Å². The van der Waals surface area contributed by atoms with Crippen molar-refractivity contribution in [1.82, 2.24) is 0 Å². The molecule has 1 aliphatic rings. The van der Waals surface area contributed by atoms with Crippen LogP contribution in [0.5, 0.6) is 23.0 Å². The van der Waals surface area contributed by atoms with Crippen LogP contribution in [-0.2, 0) is 53.0 Å². The molecule has 8 bridgehead atoms. The van der Waals surface area contributed by atoms with Crippen LogP contribution in [0.3, 0.4) is 0 Å². The van der Waals surface area contributed by atoms with Gasteiger partial charge in [-0.25, -0.2) is 4.57 Å². The Morgan fingerprint density at radius 3 is 1.34 bits per heavy atom. The molecule has 0 saturated carbocycles. The highest BCUT2D eigenvalue weighted by molar-refractivity contribution is 7.86. The molecule has 1 aliphatic carbocycles. The molecule has 6 N–H and O–H groups in total. The Bertz CT molecular complexity index is 2430. The monoisotopic (exact) mass is 716 g/mol. The third-order valence-corrected chi connectivity index (χ3v) is 10.6. The van der Waals surface area contributed by atoms with Crippen LogP contribution in [0.15, 0.2) is 82.7 Å². The van der Waals surface area contributed by atoms with E-state index in [-0.39, 0.29) is 53.0 Å². The smallest absolute Gasteiger partial charge is 0.294 e. The van der Waals surface area contributed by atoms with Gasteiger partial charge in [-0.2, -0.15) is 16.8 Å². The fourth-order valence-corrected chi connectivity index (χ4v) is 7.55. The van der Waals surface area contributed by atoms with Crippen molar-refractivity contribution in [3.05, 3.63) is 134 Å². The lowest BCUT2D eigenvalue weighted by molar-refractivity contribution is -0.673. The maximum Gasteiger partial charge on any atom is 0.294 e. The molecule has 0 unspecified atom stereocenters. The predicted octanol–water partition coefficient (Wildman–Crippen LogP) is 4.98. The standard InChI is InChI=1S/C37H33NO10S2/c1-21-5-4-10-38(2)33(21)9-8-22-11-25-13-23-6-3-7-24(34(23)39)14-27-17-31(49(43,44)45)19-29(36(27)41)16-30-20-32(50(46,47)48)18-28(37(30)42)15-26(12-22)35(25)40/h3-12,17-20H,13-16H2,1-2H3,(H5,39,41,42,43,44,45,46,47,48)/p+1. The first-order valence-electron chi connectivity index (χ1n) is 15.4. The van der Waals surface area contributed by atoms with Crippen molar-refractivity contribution in [3.63, 3.8) is 0 Å². The van der Waals surface area contributed by atoms with Crippen molar-refractivity contribution in [2.45, 2.75) is 42.4 Å². The molecule has 0 aliphatic heterocycles. The zero-order chi connectivity index (χ0) is 36.1. The fraction of sp³-hybridized carbons (Fsp3) is 0.162. The third kappa shape index (κ3) is 6.94. The van der Waals surface area contributed by atoms with Crippen LogP contribution < -0.4 is 4.57 Å². The van der Waals surface area contributed by atoms with Crippen molar-refractivity contribution in [3.8, 4) is 23.0 Å². The van der Waals surface area contributed by atoms with Crippen LogP contribution >= 0.6 is 0 Å². The highest BCUT2D eigenvalue weighted by Crippen LogP contribution is 2.39. The first-order chi connectivity index (χ1) is 23.5. The number of phenolic OH excluding ortho intramolecular Hbond substituents is 4. The summed E-state index contributed by atoms with van der Waals surface area (Å²) in [5.74, 6) is -1.13. The number of aromatic hydroxyl groups is 4. The van der Waals surface area contributed by atoms with E-state index in [1.165, 1.54) is 0 Å². The number of hydrogen-bond acceptors (Lipinski definition) is 8. The van der Waals surface area contributed by atoms with E-state index in [0.29, 0.717) is 27.8 Å². The van der Waals surface area contributed by atoms with E-state index in [9.17, 15) is 46.4 Å². The molecule has 0 amide bonds. The molecule has 13 heteroatoms. The maximum absolute atomic E-state index is 12.4. The number of para-hydroxylation sites is 1. The predicted molar refractivity (Wildman–Crippen MR) is 185 cm³/mol. The van der Waals surface area contributed by atoms with Crippen LogP contribution in [0.2, 0.25) is 0 Å². The number of benzene rings is 4. The van der Waals surface area contributed by atoms with Gasteiger partial charge in [-0.15, -0.1) is 0 Å². The maximum atomic E-state index is 12.4. The Hall–Kier alpha value is -5.21. The summed E-state index contributed by atoms with van der Waals surface area (Å²) in [6, 6.07) is 16.4. The molecule has 5 aromatic rings. The minimum Gasteiger partial charge on any atom is -0.507 e. The second-order valence-corrected chi connectivity index (χ2v) is 15.3. The largest absolute Gasteiger partial charge is 0.507 e. The van der Waals surface area contributed by atoms with Gasteiger partial charge in [0.1, 0.15) is 30.0 Å². The average molecular weight is 717 g/mol. The molecule has 50 heavy (non-hydrogen) atoms. The van der Waals surface area contributed by atoms with Crippen molar-refractivity contribution in [2.75, 3.05) is 0 Å². The zero-order valence-corrected chi connectivity index (χ0v) is 28.6. The molecule has 0 spiro atoms. The minimum atomic E-state index is -4.83. The number of aromatic nitrogens is 1. The highest BCUT2D eigenvalue weighted by Gasteiger charge is 2.24. The Labute approximate surface area is 289 Å². The number of fused-ring (bicyclic) bond motifs is 8. The van der Waals surface area contributed by atoms with Gasteiger partial charge in [0.15, 0.2) is 6.20 Å². The first kappa shape index (κ1) is 34.6. The molecule has 0 fully saturated rings. The van der Waals surface area contributed by atoms with E-state index in [1.54, 1.807) is 30.3 Å². The normalized spacial score (nSPS) is 13.4. The van der Waals surface area contributed by atoms with Gasteiger partial charge in [-0.1, -0.05) is 18.2 Å². The van der Waals surface area contributed by atoms with Crippen LogP contribution in [0, 0.1) is 6.92 Å². The van der Waals surface area contributed by atoms with Gasteiger partial charge < -0.3 is 20.4 Å². The second-order valence-electron chi connectivity index (χ2n) is 12.5. The molecular formula is C37H34NO10S2+. The number of nitrogens with zero attached hydrogens (tertiary/aromatic N) is 1. The summed E-state index contributed by atoms with van der Waals surface area (Å²) in [5.41, 5.74) is 3.87. The van der Waals surface area contributed by atoms with Crippen LogP contribution in [0.4, 0.5) is 0 Å². The van der Waals surface area contributed by atoms with Crippen LogP contribution in [-0.4, -0.2) is 46.4 Å². The van der Waals surface area contributed by atoms with Gasteiger partial charge in [0.05, 0.1) is 9.79 Å². The molecule has 1 aromatic heterocycles. The van der Waals surface area contributed by atoms with Gasteiger partial charge in [-0.3, -0.25) is 9.11 Å². The highest BCUT2D eigenvalue weighted by atomic mass is 32.2. The molecule has 1 heterocycles. The summed E-state index contributed by atoms with van der Waals surface area (Å²) in [6.45, 7) is 1.97. The summed E-state index contributed by atoms with van der Waals surface area (Å²) < 4.78 is 71.2. The Morgan fingerprint density at radius 2 is 0.940 bits per heavy atom. The number of phenols is 4. The Morgan fingerprint density at radius 1 is 0.560 bits per heavy atom. The summed E-state index contributed by atoms with van der Waals surface area (Å²) in [6.07, 6.45) is 4.88. The lowest BCUT2D eigenvalue weighted by atomic mass is 9.90. The Kier molecular flexibility index (Phi) is 8.95. The van der Waals surface area contributed by atoms with E-state index in [4.69, 9.17) is 0 Å².